The van der Waals surface area contributed by atoms with E-state index in [-0.39, 0.29) is 12.8 Å². The third kappa shape index (κ3) is 9.35. The van der Waals surface area contributed by atoms with Gasteiger partial charge in [-0.2, -0.15) is 0 Å². The number of hydrogen-bond acceptors (Lipinski definition) is 8. The molecule has 14 nitrogen and oxygen atoms in total. The average molecular weight is 518 g/mol. The lowest BCUT2D eigenvalue weighted by atomic mass is 10.0. The molecular formula is C23H31N7O7. The van der Waals surface area contributed by atoms with Gasteiger partial charge in [-0.25, -0.2) is 9.78 Å². The number of aromatic nitrogens is 2. The Kier molecular flexibility index (Phi) is 10.7. The number of carbonyl (C=O) groups is 5. The minimum atomic E-state index is -1.58. The summed E-state index contributed by atoms with van der Waals surface area (Å²) in [6, 6.07) is 3.34. The van der Waals surface area contributed by atoms with Gasteiger partial charge in [-0.3, -0.25) is 19.2 Å². The van der Waals surface area contributed by atoms with Crippen LogP contribution in [0, 0.1) is 0 Å². The zero-order valence-electron chi connectivity index (χ0n) is 20.1. The number of nitrogens with zero attached hydrogens (tertiary/aromatic N) is 1. The monoisotopic (exact) mass is 517 g/mol. The summed E-state index contributed by atoms with van der Waals surface area (Å²) in [5, 5.41) is 26.4. The Morgan fingerprint density at radius 3 is 2.16 bits per heavy atom. The summed E-state index contributed by atoms with van der Waals surface area (Å²) in [6.07, 6.45) is 0.662. The van der Waals surface area contributed by atoms with Crippen molar-refractivity contribution in [2.75, 3.05) is 0 Å². The van der Waals surface area contributed by atoms with Crippen molar-refractivity contribution in [1.82, 2.24) is 25.9 Å². The van der Waals surface area contributed by atoms with E-state index in [1.165, 1.54) is 19.4 Å². The standard InChI is InChI=1S/C23H31N7O7/c1-12(31)19(30-20(33)15(24)7-13-5-3-2-4-6-13)22(35)28-16(9-18(25)32)21(34)29-17(23(36)37)8-14-10-26-11-27-14/h2-6,10-12,15-17,19,31H,7-9,24H2,1H3,(H2,25,32)(H,26,27)(H,28,35)(H,29,34)(H,30,33)(H,36,37). The molecule has 37 heavy (non-hydrogen) atoms. The van der Waals surface area contributed by atoms with Crippen LogP contribution in [0.25, 0.3) is 0 Å². The number of aromatic amines is 1. The Balaban J connectivity index is 2.09. The largest absolute Gasteiger partial charge is 0.480 e. The molecule has 0 bridgehead atoms. The molecule has 1 aromatic carbocycles. The Morgan fingerprint density at radius 2 is 1.62 bits per heavy atom. The van der Waals surface area contributed by atoms with Crippen LogP contribution in [0.4, 0.5) is 0 Å². The zero-order valence-corrected chi connectivity index (χ0v) is 20.1. The first kappa shape index (κ1) is 28.9. The predicted octanol–water partition coefficient (Wildman–Crippen LogP) is -2.68. The van der Waals surface area contributed by atoms with E-state index in [4.69, 9.17) is 11.5 Å². The number of H-pyrrole nitrogens is 1. The number of nitrogens with two attached hydrogens (primary N) is 2. The molecule has 0 aliphatic carbocycles. The van der Waals surface area contributed by atoms with Crippen molar-refractivity contribution in [3.05, 3.63) is 54.1 Å². The van der Waals surface area contributed by atoms with E-state index in [0.29, 0.717) is 5.69 Å². The molecule has 0 aliphatic rings. The van der Waals surface area contributed by atoms with Gasteiger partial charge >= 0.3 is 5.97 Å². The molecule has 1 heterocycles. The molecule has 1 aromatic heterocycles. The minimum Gasteiger partial charge on any atom is -0.480 e. The summed E-state index contributed by atoms with van der Waals surface area (Å²) < 4.78 is 0. The second kappa shape index (κ2) is 13.7. The molecular weight excluding hydrogens is 486 g/mol. The number of carboxylic acid groups (broad SMARTS) is 1. The number of hydrogen-bond donors (Lipinski definition) is 8. The topological polar surface area (TPSA) is 243 Å². The van der Waals surface area contributed by atoms with Gasteiger partial charge in [-0.1, -0.05) is 30.3 Å². The highest BCUT2D eigenvalue weighted by Crippen LogP contribution is 2.05. The van der Waals surface area contributed by atoms with Crippen molar-refractivity contribution in [3.63, 3.8) is 0 Å². The van der Waals surface area contributed by atoms with E-state index in [0.717, 1.165) is 5.56 Å². The molecule has 0 saturated heterocycles. The van der Waals surface area contributed by atoms with Gasteiger partial charge in [-0.05, 0) is 18.9 Å². The fraction of sp³-hybridized carbons (Fsp3) is 0.391. The fourth-order valence-corrected chi connectivity index (χ4v) is 3.39. The summed E-state index contributed by atoms with van der Waals surface area (Å²) in [7, 11) is 0. The zero-order chi connectivity index (χ0) is 27.5. The first-order chi connectivity index (χ1) is 17.5. The lowest BCUT2D eigenvalue weighted by molar-refractivity contribution is -0.142. The maximum absolute atomic E-state index is 12.9. The van der Waals surface area contributed by atoms with Crippen molar-refractivity contribution in [2.45, 2.75) is 56.5 Å². The van der Waals surface area contributed by atoms with E-state index in [1.54, 1.807) is 30.3 Å². The van der Waals surface area contributed by atoms with Crippen LogP contribution in [0.15, 0.2) is 42.9 Å². The molecule has 0 radical (unpaired) electrons. The van der Waals surface area contributed by atoms with Gasteiger partial charge in [0.2, 0.25) is 23.6 Å². The average Bonchev–Trinajstić information content (AvgIpc) is 3.34. The highest BCUT2D eigenvalue weighted by molar-refractivity contribution is 5.96. The van der Waals surface area contributed by atoms with Crippen LogP contribution in [-0.2, 0) is 36.8 Å². The summed E-state index contributed by atoms with van der Waals surface area (Å²) >= 11 is 0. The molecule has 0 spiro atoms. The number of rotatable bonds is 14. The number of carbonyl (C=O) groups excluding carboxylic acids is 4. The molecule has 2 aromatic rings. The Morgan fingerprint density at radius 1 is 0.973 bits per heavy atom. The van der Waals surface area contributed by atoms with Crippen LogP contribution < -0.4 is 27.4 Å². The summed E-state index contributed by atoms with van der Waals surface area (Å²) in [6.45, 7) is 1.24. The Bertz CT molecular complexity index is 1080. The first-order valence-corrected chi connectivity index (χ1v) is 11.3. The molecule has 2 rings (SSSR count). The van der Waals surface area contributed by atoms with Gasteiger partial charge in [0, 0.05) is 18.3 Å². The maximum atomic E-state index is 12.9. The number of aliphatic hydroxyl groups excluding tert-OH is 1. The van der Waals surface area contributed by atoms with Gasteiger partial charge in [0.15, 0.2) is 0 Å². The summed E-state index contributed by atoms with van der Waals surface area (Å²) in [4.78, 5) is 67.9. The van der Waals surface area contributed by atoms with Gasteiger partial charge in [0.05, 0.1) is 24.9 Å². The number of imidazole rings is 1. The smallest absolute Gasteiger partial charge is 0.326 e. The van der Waals surface area contributed by atoms with Crippen molar-refractivity contribution < 1.29 is 34.2 Å². The summed E-state index contributed by atoms with van der Waals surface area (Å²) in [5.74, 6) is -5.06. The maximum Gasteiger partial charge on any atom is 0.326 e. The lowest BCUT2D eigenvalue weighted by Crippen LogP contribution is -2.60. The first-order valence-electron chi connectivity index (χ1n) is 11.3. The van der Waals surface area contributed by atoms with Crippen LogP contribution >= 0.6 is 0 Å². The number of amides is 4. The third-order valence-corrected chi connectivity index (χ3v) is 5.33. The lowest BCUT2D eigenvalue weighted by Gasteiger charge is -2.26. The highest BCUT2D eigenvalue weighted by Gasteiger charge is 2.33. The van der Waals surface area contributed by atoms with Crippen molar-refractivity contribution in [2.24, 2.45) is 11.5 Å². The van der Waals surface area contributed by atoms with Gasteiger partial charge < -0.3 is 42.6 Å². The SMILES string of the molecule is CC(O)C(NC(=O)C(N)Cc1ccccc1)C(=O)NC(CC(N)=O)C(=O)NC(Cc1cnc[nH]1)C(=O)O. The van der Waals surface area contributed by atoms with Gasteiger partial charge in [0.25, 0.3) is 0 Å². The quantitative estimate of drug-likeness (QED) is 0.130. The molecule has 0 saturated carbocycles. The van der Waals surface area contributed by atoms with E-state index in [1.807, 2.05) is 0 Å². The highest BCUT2D eigenvalue weighted by atomic mass is 16.4. The van der Waals surface area contributed by atoms with Crippen LogP contribution in [0.5, 0.6) is 0 Å². The van der Waals surface area contributed by atoms with Gasteiger partial charge in [0.1, 0.15) is 18.1 Å². The second-order valence-corrected chi connectivity index (χ2v) is 8.44. The fourth-order valence-electron chi connectivity index (χ4n) is 3.39. The van der Waals surface area contributed by atoms with Crippen LogP contribution in [0.1, 0.15) is 24.6 Å². The summed E-state index contributed by atoms with van der Waals surface area (Å²) in [5.41, 5.74) is 12.3. The number of aliphatic carboxylic acids is 1. The predicted molar refractivity (Wildman–Crippen MR) is 129 cm³/mol. The molecule has 10 N–H and O–H groups in total. The van der Waals surface area contributed by atoms with Crippen LogP contribution in [-0.4, -0.2) is 80.1 Å². The van der Waals surface area contributed by atoms with Crippen LogP contribution in [0.3, 0.4) is 0 Å². The Labute approximate surface area is 212 Å². The molecule has 14 heteroatoms. The van der Waals surface area contributed by atoms with E-state index < -0.39 is 66.3 Å². The number of benzene rings is 1. The molecule has 0 aliphatic heterocycles. The van der Waals surface area contributed by atoms with Crippen molar-refractivity contribution >= 4 is 29.6 Å². The minimum absolute atomic E-state index is 0.149. The second-order valence-electron chi connectivity index (χ2n) is 8.44. The molecule has 5 unspecified atom stereocenters. The third-order valence-electron chi connectivity index (χ3n) is 5.33. The van der Waals surface area contributed by atoms with Crippen molar-refractivity contribution in [3.8, 4) is 0 Å². The normalized spacial score (nSPS) is 14.9. The van der Waals surface area contributed by atoms with E-state index >= 15 is 0 Å². The number of primary amides is 1. The van der Waals surface area contributed by atoms with E-state index in [2.05, 4.69) is 25.9 Å². The Hall–Kier alpha value is -4.30. The number of nitrogens with one attached hydrogen (secondary N) is 4. The van der Waals surface area contributed by atoms with Crippen molar-refractivity contribution in [1.29, 1.82) is 0 Å². The molecule has 5 atom stereocenters. The molecule has 200 valence electrons. The van der Waals surface area contributed by atoms with E-state index in [9.17, 15) is 34.2 Å². The van der Waals surface area contributed by atoms with Gasteiger partial charge in [-0.15, -0.1) is 0 Å². The molecule has 0 fully saturated rings. The number of carboxylic acids is 1. The molecule has 4 amide bonds. The number of aliphatic hydroxyl groups is 1. The van der Waals surface area contributed by atoms with Crippen LogP contribution in [0.2, 0.25) is 0 Å².